The van der Waals surface area contributed by atoms with Gasteiger partial charge in [0.05, 0.1) is 12.6 Å². The first-order chi connectivity index (χ1) is 13.9. The van der Waals surface area contributed by atoms with Gasteiger partial charge in [0.1, 0.15) is 11.9 Å². The van der Waals surface area contributed by atoms with Gasteiger partial charge in [-0.2, -0.15) is 0 Å². The van der Waals surface area contributed by atoms with Crippen LogP contribution < -0.4 is 10.6 Å². The molecular weight excluding hydrogens is 372 g/mol. The molecule has 0 spiro atoms. The Hall–Kier alpha value is -3.36. The summed E-state index contributed by atoms with van der Waals surface area (Å²) >= 11 is 0. The number of amides is 4. The number of hydrogen-bond donors (Lipinski definition) is 1. The molecule has 2 aliphatic rings. The molecule has 0 aliphatic carbocycles. The zero-order valence-corrected chi connectivity index (χ0v) is 16.5. The molecule has 2 fully saturated rings. The van der Waals surface area contributed by atoms with E-state index in [1.54, 1.807) is 23.0 Å². The molecule has 2 atom stereocenters. The minimum Gasteiger partial charge on any atom is -0.368 e. The van der Waals surface area contributed by atoms with E-state index in [1.165, 1.54) is 11.8 Å². The molecule has 2 N–H and O–H groups in total. The van der Waals surface area contributed by atoms with Crippen LogP contribution in [0.5, 0.6) is 0 Å². The first-order valence-electron chi connectivity index (χ1n) is 9.62. The summed E-state index contributed by atoms with van der Waals surface area (Å²) in [5.41, 5.74) is 7.12. The van der Waals surface area contributed by atoms with Crippen LogP contribution in [-0.4, -0.2) is 62.9 Å². The number of nitrogens with zero attached hydrogens (tertiary/aromatic N) is 5. The molecule has 152 valence electrons. The summed E-state index contributed by atoms with van der Waals surface area (Å²) in [6, 6.07) is 6.38. The number of imidazole rings is 1. The molecule has 0 bridgehead atoms. The van der Waals surface area contributed by atoms with Crippen molar-refractivity contribution in [3.8, 4) is 5.69 Å². The predicted octanol–water partition coefficient (Wildman–Crippen LogP) is 1.11. The maximum absolute atomic E-state index is 12.8. The Morgan fingerprint density at radius 1 is 1.24 bits per heavy atom. The second kappa shape index (κ2) is 7.23. The van der Waals surface area contributed by atoms with Crippen LogP contribution in [0.1, 0.15) is 25.6 Å². The van der Waals surface area contributed by atoms with Crippen LogP contribution in [0.2, 0.25) is 0 Å². The molecule has 0 saturated carbocycles. The van der Waals surface area contributed by atoms with E-state index >= 15 is 0 Å². The maximum Gasteiger partial charge on any atom is 0.325 e. The summed E-state index contributed by atoms with van der Waals surface area (Å²) in [5.74, 6) is 0.199. The lowest BCUT2D eigenvalue weighted by Crippen LogP contribution is -2.46. The fourth-order valence-corrected chi connectivity index (χ4v) is 4.16. The second-order valence-corrected chi connectivity index (χ2v) is 7.51. The Bertz CT molecular complexity index is 953. The molecule has 29 heavy (non-hydrogen) atoms. The number of rotatable bonds is 5. The van der Waals surface area contributed by atoms with Crippen molar-refractivity contribution in [3.63, 3.8) is 0 Å². The number of fused-ring (bicyclic) bond motifs is 1. The summed E-state index contributed by atoms with van der Waals surface area (Å²) in [4.78, 5) is 45.6. The van der Waals surface area contributed by atoms with Gasteiger partial charge in [-0.1, -0.05) is 0 Å². The number of anilines is 1. The highest BCUT2D eigenvalue weighted by atomic mass is 16.2. The van der Waals surface area contributed by atoms with Gasteiger partial charge in [0.2, 0.25) is 11.8 Å². The average molecular weight is 396 g/mol. The summed E-state index contributed by atoms with van der Waals surface area (Å²) in [7, 11) is 1.72. The standard InChI is InChI=1S/C20H24N6O3/c1-13(27)23(2)12-17-22-9-11-24(17)14-5-7-15(8-6-14)26-18(19(21)28)16-4-3-10-25(16)20(26)29/h5-9,11,16,18H,3-4,10,12H2,1-2H3,(H2,21,28)/t16-,18?/m1/s1. The van der Waals surface area contributed by atoms with Crippen LogP contribution in [0.15, 0.2) is 36.7 Å². The zero-order chi connectivity index (χ0) is 20.7. The monoisotopic (exact) mass is 396 g/mol. The molecule has 9 heteroatoms. The number of aromatic nitrogens is 2. The zero-order valence-electron chi connectivity index (χ0n) is 16.5. The van der Waals surface area contributed by atoms with Gasteiger partial charge in [-0.25, -0.2) is 9.78 Å². The molecule has 3 heterocycles. The lowest BCUT2D eigenvalue weighted by atomic mass is 10.1. The highest BCUT2D eigenvalue weighted by Crippen LogP contribution is 2.35. The lowest BCUT2D eigenvalue weighted by Gasteiger charge is -2.23. The summed E-state index contributed by atoms with van der Waals surface area (Å²) in [5, 5.41) is 0. The van der Waals surface area contributed by atoms with Gasteiger partial charge in [0.15, 0.2) is 0 Å². The summed E-state index contributed by atoms with van der Waals surface area (Å²) in [6.07, 6.45) is 5.18. The average Bonchev–Trinajstić information content (AvgIpc) is 3.39. The highest BCUT2D eigenvalue weighted by molar-refractivity contribution is 6.03. The van der Waals surface area contributed by atoms with E-state index in [9.17, 15) is 14.4 Å². The van der Waals surface area contributed by atoms with Gasteiger partial charge < -0.3 is 20.1 Å². The maximum atomic E-state index is 12.8. The van der Waals surface area contributed by atoms with E-state index in [2.05, 4.69) is 4.98 Å². The normalized spacial score (nSPS) is 20.8. The smallest absolute Gasteiger partial charge is 0.325 e. The third kappa shape index (κ3) is 3.22. The minimum atomic E-state index is -0.649. The number of hydrogen-bond acceptors (Lipinski definition) is 4. The molecule has 2 saturated heterocycles. The van der Waals surface area contributed by atoms with E-state index in [1.807, 2.05) is 35.0 Å². The fourth-order valence-electron chi connectivity index (χ4n) is 4.16. The molecule has 4 rings (SSSR count). The van der Waals surface area contributed by atoms with Crippen LogP contribution in [0.25, 0.3) is 5.69 Å². The van der Waals surface area contributed by atoms with Gasteiger partial charge in [-0.3, -0.25) is 14.5 Å². The van der Waals surface area contributed by atoms with Crippen molar-refractivity contribution in [1.82, 2.24) is 19.4 Å². The molecule has 9 nitrogen and oxygen atoms in total. The van der Waals surface area contributed by atoms with E-state index in [0.29, 0.717) is 18.8 Å². The van der Waals surface area contributed by atoms with E-state index < -0.39 is 11.9 Å². The van der Waals surface area contributed by atoms with Crippen molar-refractivity contribution in [2.24, 2.45) is 5.73 Å². The number of carbonyl (C=O) groups excluding carboxylic acids is 3. The van der Waals surface area contributed by atoms with Crippen LogP contribution in [0.3, 0.4) is 0 Å². The van der Waals surface area contributed by atoms with E-state index in [4.69, 9.17) is 5.73 Å². The molecule has 4 amide bonds. The second-order valence-electron chi connectivity index (χ2n) is 7.51. The SMILES string of the molecule is CC(=O)N(C)Cc1nccn1-c1ccc(N2C(=O)N3CCC[C@@H]3C2C(N)=O)cc1. The van der Waals surface area contributed by atoms with Crippen molar-refractivity contribution in [2.75, 3.05) is 18.5 Å². The van der Waals surface area contributed by atoms with Gasteiger partial charge in [0.25, 0.3) is 0 Å². The minimum absolute atomic E-state index is 0.0412. The topological polar surface area (TPSA) is 105 Å². The van der Waals surface area contributed by atoms with Crippen molar-refractivity contribution in [2.45, 2.75) is 38.4 Å². The molecule has 2 aromatic rings. The van der Waals surface area contributed by atoms with Crippen molar-refractivity contribution in [3.05, 3.63) is 42.5 Å². The van der Waals surface area contributed by atoms with Crippen molar-refractivity contribution < 1.29 is 14.4 Å². The molecular formula is C20H24N6O3. The number of benzene rings is 1. The first kappa shape index (κ1) is 19.0. The van der Waals surface area contributed by atoms with E-state index in [0.717, 1.165) is 24.4 Å². The Morgan fingerprint density at radius 2 is 1.93 bits per heavy atom. The van der Waals surface area contributed by atoms with Crippen LogP contribution in [-0.2, 0) is 16.1 Å². The van der Waals surface area contributed by atoms with Gasteiger partial charge in [-0.15, -0.1) is 0 Å². The van der Waals surface area contributed by atoms with E-state index in [-0.39, 0.29) is 18.0 Å². The Labute approximate surface area is 168 Å². The molecule has 0 radical (unpaired) electrons. The first-order valence-corrected chi connectivity index (χ1v) is 9.62. The fraction of sp³-hybridized carbons (Fsp3) is 0.400. The van der Waals surface area contributed by atoms with Gasteiger partial charge in [0, 0.05) is 44.3 Å². The van der Waals surface area contributed by atoms with Gasteiger partial charge in [-0.05, 0) is 37.1 Å². The quantitative estimate of drug-likeness (QED) is 0.817. The highest BCUT2D eigenvalue weighted by Gasteiger charge is 2.51. The van der Waals surface area contributed by atoms with Crippen molar-refractivity contribution in [1.29, 1.82) is 0 Å². The van der Waals surface area contributed by atoms with Crippen LogP contribution >= 0.6 is 0 Å². The summed E-state index contributed by atoms with van der Waals surface area (Å²) in [6.45, 7) is 2.55. The lowest BCUT2D eigenvalue weighted by molar-refractivity contribution is -0.128. The number of nitrogens with two attached hydrogens (primary N) is 1. The Balaban J connectivity index is 1.61. The van der Waals surface area contributed by atoms with Crippen LogP contribution in [0.4, 0.5) is 10.5 Å². The third-order valence-corrected chi connectivity index (χ3v) is 5.72. The van der Waals surface area contributed by atoms with Crippen LogP contribution in [0, 0.1) is 0 Å². The predicted molar refractivity (Wildman–Crippen MR) is 106 cm³/mol. The van der Waals surface area contributed by atoms with Gasteiger partial charge >= 0.3 is 6.03 Å². The number of urea groups is 1. The molecule has 2 aliphatic heterocycles. The third-order valence-electron chi connectivity index (χ3n) is 5.72. The number of primary amides is 1. The Morgan fingerprint density at radius 3 is 2.59 bits per heavy atom. The molecule has 1 unspecified atom stereocenters. The Kier molecular flexibility index (Phi) is 4.73. The summed E-state index contributed by atoms with van der Waals surface area (Å²) < 4.78 is 1.89. The van der Waals surface area contributed by atoms with Crippen molar-refractivity contribution >= 4 is 23.5 Å². The largest absolute Gasteiger partial charge is 0.368 e. The molecule has 1 aromatic heterocycles. The molecule has 1 aromatic carbocycles. The number of carbonyl (C=O) groups is 3.